The lowest BCUT2D eigenvalue weighted by atomic mass is 10.2. The zero-order valence-corrected chi connectivity index (χ0v) is 15.5. The number of hydrogen-bond acceptors (Lipinski definition) is 8. The Labute approximate surface area is 160 Å². The molecule has 1 aromatic carbocycles. The first kappa shape index (κ1) is 20.6. The summed E-state index contributed by atoms with van der Waals surface area (Å²) < 4.78 is 15.5. The average molecular weight is 389 g/mol. The van der Waals surface area contributed by atoms with Crippen LogP contribution in [-0.2, 0) is 9.53 Å². The fraction of sp³-hybridized carbons (Fsp3) is 0.278. The quantitative estimate of drug-likeness (QED) is 0.414. The van der Waals surface area contributed by atoms with E-state index < -0.39 is 22.9 Å². The summed E-state index contributed by atoms with van der Waals surface area (Å²) in [5, 5.41) is 13.4. The van der Waals surface area contributed by atoms with Crippen LogP contribution < -0.4 is 14.8 Å². The molecule has 0 bridgehead atoms. The van der Waals surface area contributed by atoms with Gasteiger partial charge in [0.05, 0.1) is 24.3 Å². The molecule has 1 N–H and O–H groups in total. The van der Waals surface area contributed by atoms with Crippen molar-refractivity contribution in [1.82, 2.24) is 4.98 Å². The molecule has 0 fully saturated rings. The number of nitrogens with one attached hydrogen (secondary N) is 1. The number of anilines is 1. The van der Waals surface area contributed by atoms with Gasteiger partial charge in [-0.25, -0.2) is 9.78 Å². The van der Waals surface area contributed by atoms with Gasteiger partial charge in [-0.2, -0.15) is 0 Å². The lowest BCUT2D eigenvalue weighted by molar-refractivity contribution is -0.384. The largest absolute Gasteiger partial charge is 0.495 e. The molecule has 2 rings (SSSR count). The highest BCUT2D eigenvalue weighted by Crippen LogP contribution is 2.29. The van der Waals surface area contributed by atoms with Gasteiger partial charge in [-0.05, 0) is 32.0 Å². The maximum absolute atomic E-state index is 12.4. The van der Waals surface area contributed by atoms with Crippen LogP contribution in [-0.4, -0.2) is 41.6 Å². The van der Waals surface area contributed by atoms with E-state index in [-0.39, 0.29) is 28.6 Å². The molecule has 0 saturated heterocycles. The van der Waals surface area contributed by atoms with Crippen molar-refractivity contribution in [3.05, 3.63) is 52.2 Å². The molecule has 0 aliphatic carbocycles. The second-order valence-corrected chi connectivity index (χ2v) is 5.47. The van der Waals surface area contributed by atoms with E-state index in [1.54, 1.807) is 6.92 Å². The number of pyridine rings is 1. The van der Waals surface area contributed by atoms with Crippen LogP contribution in [0.4, 0.5) is 11.4 Å². The van der Waals surface area contributed by atoms with Crippen LogP contribution in [0.15, 0.2) is 36.5 Å². The number of rotatable bonds is 8. The van der Waals surface area contributed by atoms with Gasteiger partial charge >= 0.3 is 5.97 Å². The van der Waals surface area contributed by atoms with Crippen molar-refractivity contribution in [2.75, 3.05) is 19.0 Å². The van der Waals surface area contributed by atoms with Gasteiger partial charge in [0.15, 0.2) is 6.10 Å². The highest BCUT2D eigenvalue weighted by Gasteiger charge is 2.23. The summed E-state index contributed by atoms with van der Waals surface area (Å²) in [6.45, 7) is 3.42. The standard InChI is InChI=1S/C18H19N3O7/c1-4-27-17-13(6-5-9-19-17)18(23)28-11(2)16(22)20-14-10-12(21(24)25)7-8-15(14)26-3/h5-11H,4H2,1-3H3,(H,20,22)/t11-/m1/s1. The number of nitro benzene ring substituents is 1. The number of non-ortho nitro benzene ring substituents is 1. The topological polar surface area (TPSA) is 130 Å². The zero-order valence-electron chi connectivity index (χ0n) is 15.5. The molecule has 1 heterocycles. The van der Waals surface area contributed by atoms with Gasteiger partial charge < -0.3 is 19.5 Å². The molecule has 2 aromatic rings. The van der Waals surface area contributed by atoms with Crippen molar-refractivity contribution in [2.24, 2.45) is 0 Å². The monoisotopic (exact) mass is 389 g/mol. The lowest BCUT2D eigenvalue weighted by Crippen LogP contribution is -2.30. The molecule has 0 radical (unpaired) electrons. The highest BCUT2D eigenvalue weighted by atomic mass is 16.6. The molecule has 0 saturated carbocycles. The van der Waals surface area contributed by atoms with Crippen molar-refractivity contribution in [3.8, 4) is 11.6 Å². The molecule has 1 atom stereocenters. The van der Waals surface area contributed by atoms with Crippen molar-refractivity contribution in [3.63, 3.8) is 0 Å². The van der Waals surface area contributed by atoms with Crippen LogP contribution in [0, 0.1) is 10.1 Å². The Morgan fingerprint density at radius 1 is 1.32 bits per heavy atom. The van der Waals surface area contributed by atoms with E-state index in [0.717, 1.165) is 6.07 Å². The van der Waals surface area contributed by atoms with Crippen LogP contribution in [0.1, 0.15) is 24.2 Å². The van der Waals surface area contributed by atoms with Crippen molar-refractivity contribution < 1.29 is 28.7 Å². The Bertz CT molecular complexity index is 885. The second kappa shape index (κ2) is 9.31. The van der Waals surface area contributed by atoms with Gasteiger partial charge in [-0.3, -0.25) is 14.9 Å². The first-order valence-electron chi connectivity index (χ1n) is 8.29. The SMILES string of the molecule is CCOc1ncccc1C(=O)O[C@H](C)C(=O)Nc1cc([N+](=O)[O-])ccc1OC. The fourth-order valence-corrected chi connectivity index (χ4v) is 2.22. The number of esters is 1. The maximum Gasteiger partial charge on any atom is 0.344 e. The maximum atomic E-state index is 12.4. The van der Waals surface area contributed by atoms with Crippen LogP contribution in [0.3, 0.4) is 0 Å². The number of nitro groups is 1. The molecule has 0 aliphatic heterocycles. The third-order valence-electron chi connectivity index (χ3n) is 3.58. The number of benzene rings is 1. The minimum atomic E-state index is -1.19. The molecule has 10 nitrogen and oxygen atoms in total. The first-order chi connectivity index (χ1) is 13.4. The Balaban J connectivity index is 2.12. The molecule has 148 valence electrons. The Morgan fingerprint density at radius 2 is 2.07 bits per heavy atom. The van der Waals surface area contributed by atoms with E-state index in [0.29, 0.717) is 6.61 Å². The summed E-state index contributed by atoms with van der Waals surface area (Å²) in [6, 6.07) is 6.76. The molecule has 0 unspecified atom stereocenters. The molecule has 1 aromatic heterocycles. The molecule has 0 aliphatic rings. The summed E-state index contributed by atoms with van der Waals surface area (Å²) in [6.07, 6.45) is 0.276. The smallest absolute Gasteiger partial charge is 0.344 e. The number of aromatic nitrogens is 1. The third kappa shape index (κ3) is 4.93. The second-order valence-electron chi connectivity index (χ2n) is 5.47. The van der Waals surface area contributed by atoms with E-state index in [1.807, 2.05) is 0 Å². The lowest BCUT2D eigenvalue weighted by Gasteiger charge is -2.16. The minimum Gasteiger partial charge on any atom is -0.495 e. The number of carbonyl (C=O) groups excluding carboxylic acids is 2. The normalized spacial score (nSPS) is 11.2. The van der Waals surface area contributed by atoms with Crippen molar-refractivity contribution >= 4 is 23.3 Å². The average Bonchev–Trinajstić information content (AvgIpc) is 2.68. The Kier molecular flexibility index (Phi) is 6.85. The predicted molar refractivity (Wildman–Crippen MR) is 98.6 cm³/mol. The Hall–Kier alpha value is -3.69. The van der Waals surface area contributed by atoms with E-state index in [4.69, 9.17) is 14.2 Å². The van der Waals surface area contributed by atoms with Crippen LogP contribution in [0.25, 0.3) is 0 Å². The third-order valence-corrected chi connectivity index (χ3v) is 3.58. The summed E-state index contributed by atoms with van der Waals surface area (Å²) in [5.41, 5.74) is -0.0598. The number of ether oxygens (including phenoxy) is 3. The predicted octanol–water partition coefficient (Wildman–Crippen LogP) is 2.58. The van der Waals surface area contributed by atoms with Crippen LogP contribution in [0.5, 0.6) is 11.6 Å². The van der Waals surface area contributed by atoms with E-state index in [1.165, 1.54) is 44.5 Å². The number of nitrogens with zero attached hydrogens (tertiary/aromatic N) is 2. The summed E-state index contributed by atoms with van der Waals surface area (Å²) in [4.78, 5) is 39.0. The molecule has 28 heavy (non-hydrogen) atoms. The molecule has 0 spiro atoms. The van der Waals surface area contributed by atoms with Gasteiger partial charge in [0.1, 0.15) is 11.3 Å². The number of carbonyl (C=O) groups is 2. The van der Waals surface area contributed by atoms with E-state index >= 15 is 0 Å². The van der Waals surface area contributed by atoms with Gasteiger partial charge in [0.25, 0.3) is 11.6 Å². The molecule has 1 amide bonds. The highest BCUT2D eigenvalue weighted by molar-refractivity contribution is 5.99. The van der Waals surface area contributed by atoms with E-state index in [2.05, 4.69) is 10.3 Å². The van der Waals surface area contributed by atoms with Crippen LogP contribution in [0.2, 0.25) is 0 Å². The van der Waals surface area contributed by atoms with Crippen molar-refractivity contribution in [1.29, 1.82) is 0 Å². The molecular formula is C18H19N3O7. The Morgan fingerprint density at radius 3 is 2.71 bits per heavy atom. The molecule has 10 heteroatoms. The van der Waals surface area contributed by atoms with Gasteiger partial charge in [-0.1, -0.05) is 0 Å². The van der Waals surface area contributed by atoms with E-state index in [9.17, 15) is 19.7 Å². The van der Waals surface area contributed by atoms with Crippen LogP contribution >= 0.6 is 0 Å². The fourth-order valence-electron chi connectivity index (χ4n) is 2.22. The van der Waals surface area contributed by atoms with Gasteiger partial charge in [0, 0.05) is 18.3 Å². The summed E-state index contributed by atoms with van der Waals surface area (Å²) in [5.74, 6) is -1.15. The number of hydrogen-bond donors (Lipinski definition) is 1. The van der Waals surface area contributed by atoms with Gasteiger partial charge in [-0.15, -0.1) is 0 Å². The summed E-state index contributed by atoms with van der Waals surface area (Å²) in [7, 11) is 1.36. The zero-order chi connectivity index (χ0) is 20.7. The number of amides is 1. The van der Waals surface area contributed by atoms with Gasteiger partial charge in [0.2, 0.25) is 5.88 Å². The van der Waals surface area contributed by atoms with Crippen molar-refractivity contribution in [2.45, 2.75) is 20.0 Å². The molecular weight excluding hydrogens is 370 g/mol. The number of methoxy groups -OCH3 is 1. The summed E-state index contributed by atoms with van der Waals surface area (Å²) >= 11 is 0. The first-order valence-corrected chi connectivity index (χ1v) is 8.29. The minimum absolute atomic E-state index is 0.0805.